The number of amides is 1. The van der Waals surface area contributed by atoms with Gasteiger partial charge in [-0.2, -0.15) is 0 Å². The molecule has 1 aromatic heterocycles. The van der Waals surface area contributed by atoms with Crippen LogP contribution in [-0.2, 0) is 4.79 Å². The first kappa shape index (κ1) is 16.0. The normalized spacial score (nSPS) is 21.3. The number of piperidine rings is 1. The van der Waals surface area contributed by atoms with Crippen LogP contribution in [-0.4, -0.2) is 29.9 Å². The summed E-state index contributed by atoms with van der Waals surface area (Å²) in [6.07, 6.45) is 2.05. The molecule has 2 N–H and O–H groups in total. The third-order valence-corrected chi connectivity index (χ3v) is 4.97. The minimum Gasteiger partial charge on any atom is -0.341 e. The topological polar surface area (TPSA) is 46.3 Å². The number of hydrogen-bond acceptors (Lipinski definition) is 3. The lowest BCUT2D eigenvalue weighted by molar-refractivity contribution is -0.133. The van der Waals surface area contributed by atoms with Gasteiger partial charge in [0, 0.05) is 24.0 Å². The molecule has 1 fully saturated rings. The highest BCUT2D eigenvalue weighted by Crippen LogP contribution is 2.30. The van der Waals surface area contributed by atoms with Crippen LogP contribution >= 0.6 is 39.7 Å². The van der Waals surface area contributed by atoms with Gasteiger partial charge in [-0.1, -0.05) is 0 Å². The molecule has 6 heteroatoms. The Labute approximate surface area is 126 Å². The third-order valence-electron chi connectivity index (χ3n) is 3.16. The van der Waals surface area contributed by atoms with Crippen molar-refractivity contribution in [2.24, 2.45) is 5.73 Å². The minimum absolute atomic E-state index is 0. The molecule has 1 aliphatic heterocycles. The molecular weight excluding hydrogens is 336 g/mol. The van der Waals surface area contributed by atoms with Gasteiger partial charge in [0.2, 0.25) is 5.91 Å². The van der Waals surface area contributed by atoms with Gasteiger partial charge in [0.15, 0.2) is 0 Å². The second-order valence-electron chi connectivity index (χ2n) is 4.55. The standard InChI is InChI=1S/C12H17BrN2OS.ClH/c1-8(10-4-5-11(13)17-10)12(16)15-6-2-3-9(14)7-15;/h4-5,8-9H,2-3,6-7,14H2,1H3;1H. The fourth-order valence-corrected chi connectivity index (χ4v) is 3.63. The molecular formula is C12H18BrClN2OS. The summed E-state index contributed by atoms with van der Waals surface area (Å²) in [5.74, 6) is 0.145. The maximum Gasteiger partial charge on any atom is 0.230 e. The Morgan fingerprint density at radius 2 is 2.33 bits per heavy atom. The fourth-order valence-electron chi connectivity index (χ4n) is 2.17. The van der Waals surface area contributed by atoms with Crippen LogP contribution in [0.1, 0.15) is 30.6 Å². The fraction of sp³-hybridized carbons (Fsp3) is 0.583. The maximum absolute atomic E-state index is 12.3. The number of nitrogens with zero attached hydrogens (tertiary/aromatic N) is 1. The monoisotopic (exact) mass is 352 g/mol. The zero-order valence-electron chi connectivity index (χ0n) is 10.3. The molecule has 0 aliphatic carbocycles. The van der Waals surface area contributed by atoms with E-state index in [-0.39, 0.29) is 30.3 Å². The van der Waals surface area contributed by atoms with Gasteiger partial charge in [-0.15, -0.1) is 23.7 Å². The summed E-state index contributed by atoms with van der Waals surface area (Å²) in [7, 11) is 0. The summed E-state index contributed by atoms with van der Waals surface area (Å²) >= 11 is 5.06. The average molecular weight is 354 g/mol. The van der Waals surface area contributed by atoms with Crippen LogP contribution in [0.5, 0.6) is 0 Å². The molecule has 2 atom stereocenters. The quantitative estimate of drug-likeness (QED) is 0.888. The smallest absolute Gasteiger partial charge is 0.230 e. The summed E-state index contributed by atoms with van der Waals surface area (Å²) < 4.78 is 1.07. The Kier molecular flexibility index (Phi) is 6.11. The van der Waals surface area contributed by atoms with E-state index in [1.165, 1.54) is 0 Å². The first-order valence-corrected chi connectivity index (χ1v) is 7.48. The largest absolute Gasteiger partial charge is 0.341 e. The van der Waals surface area contributed by atoms with E-state index in [9.17, 15) is 4.79 Å². The van der Waals surface area contributed by atoms with Crippen LogP contribution in [0.25, 0.3) is 0 Å². The number of thiophene rings is 1. The SMILES string of the molecule is CC(C(=O)N1CCCC(N)C1)c1ccc(Br)s1.Cl. The number of hydrogen-bond donors (Lipinski definition) is 1. The van der Waals surface area contributed by atoms with E-state index < -0.39 is 0 Å². The molecule has 18 heavy (non-hydrogen) atoms. The Bertz CT molecular complexity index is 413. The van der Waals surface area contributed by atoms with Gasteiger partial charge in [-0.25, -0.2) is 0 Å². The molecule has 1 saturated heterocycles. The van der Waals surface area contributed by atoms with Crippen molar-refractivity contribution in [2.45, 2.75) is 31.7 Å². The van der Waals surface area contributed by atoms with Crippen molar-refractivity contribution < 1.29 is 4.79 Å². The third kappa shape index (κ3) is 3.70. The number of carbonyl (C=O) groups is 1. The van der Waals surface area contributed by atoms with Crippen molar-refractivity contribution in [3.05, 3.63) is 20.8 Å². The van der Waals surface area contributed by atoms with E-state index in [0.717, 1.165) is 28.0 Å². The first-order valence-electron chi connectivity index (χ1n) is 5.87. The molecule has 1 amide bonds. The number of carbonyl (C=O) groups excluding carboxylic acids is 1. The molecule has 0 radical (unpaired) electrons. The van der Waals surface area contributed by atoms with Gasteiger partial charge in [0.05, 0.1) is 9.70 Å². The average Bonchev–Trinajstić information content (AvgIpc) is 2.74. The van der Waals surface area contributed by atoms with E-state index in [1.807, 2.05) is 24.0 Å². The predicted octanol–water partition coefficient (Wildman–Crippen LogP) is 2.99. The van der Waals surface area contributed by atoms with Gasteiger partial charge in [-0.05, 0) is 47.8 Å². The number of halogens is 2. The minimum atomic E-state index is -0.0587. The van der Waals surface area contributed by atoms with Gasteiger partial charge in [-0.3, -0.25) is 4.79 Å². The highest BCUT2D eigenvalue weighted by Gasteiger charge is 2.26. The molecule has 0 saturated carbocycles. The van der Waals surface area contributed by atoms with Crippen LogP contribution in [0.2, 0.25) is 0 Å². The van der Waals surface area contributed by atoms with Crippen molar-refractivity contribution in [1.82, 2.24) is 4.90 Å². The zero-order valence-corrected chi connectivity index (χ0v) is 13.5. The van der Waals surface area contributed by atoms with E-state index >= 15 is 0 Å². The van der Waals surface area contributed by atoms with E-state index in [2.05, 4.69) is 15.9 Å². The van der Waals surface area contributed by atoms with E-state index in [1.54, 1.807) is 11.3 Å². The number of nitrogens with two attached hydrogens (primary N) is 1. The molecule has 0 spiro atoms. The van der Waals surface area contributed by atoms with Crippen LogP contribution in [0.4, 0.5) is 0 Å². The van der Waals surface area contributed by atoms with Crippen LogP contribution in [0.15, 0.2) is 15.9 Å². The van der Waals surface area contributed by atoms with Gasteiger partial charge in [0.25, 0.3) is 0 Å². The summed E-state index contributed by atoms with van der Waals surface area (Å²) in [5, 5.41) is 0. The molecule has 1 aliphatic rings. The molecule has 1 aromatic rings. The van der Waals surface area contributed by atoms with Crippen molar-refractivity contribution >= 4 is 45.6 Å². The van der Waals surface area contributed by atoms with Crippen LogP contribution in [0, 0.1) is 0 Å². The highest BCUT2D eigenvalue weighted by atomic mass is 79.9. The molecule has 2 unspecified atom stereocenters. The second-order valence-corrected chi connectivity index (χ2v) is 7.04. The Balaban J connectivity index is 0.00000162. The van der Waals surface area contributed by atoms with Crippen molar-refractivity contribution in [3.8, 4) is 0 Å². The highest BCUT2D eigenvalue weighted by molar-refractivity contribution is 9.11. The molecule has 3 nitrogen and oxygen atoms in total. The number of likely N-dealkylation sites (tertiary alicyclic amines) is 1. The summed E-state index contributed by atoms with van der Waals surface area (Å²) in [6.45, 7) is 3.53. The van der Waals surface area contributed by atoms with Crippen LogP contribution < -0.4 is 5.73 Å². The van der Waals surface area contributed by atoms with Crippen molar-refractivity contribution in [1.29, 1.82) is 0 Å². The zero-order chi connectivity index (χ0) is 12.4. The lowest BCUT2D eigenvalue weighted by atomic mass is 10.0. The lowest BCUT2D eigenvalue weighted by Gasteiger charge is -2.32. The van der Waals surface area contributed by atoms with Gasteiger partial charge in [0.1, 0.15) is 0 Å². The molecule has 102 valence electrons. The van der Waals surface area contributed by atoms with Crippen LogP contribution in [0.3, 0.4) is 0 Å². The molecule has 0 aromatic carbocycles. The van der Waals surface area contributed by atoms with E-state index in [0.29, 0.717) is 6.54 Å². The Hall–Kier alpha value is -0.100. The van der Waals surface area contributed by atoms with Crippen molar-refractivity contribution in [3.63, 3.8) is 0 Å². The van der Waals surface area contributed by atoms with Gasteiger partial charge >= 0.3 is 0 Å². The summed E-state index contributed by atoms with van der Waals surface area (Å²) in [6, 6.07) is 4.15. The summed E-state index contributed by atoms with van der Waals surface area (Å²) in [4.78, 5) is 15.3. The van der Waals surface area contributed by atoms with Gasteiger partial charge < -0.3 is 10.6 Å². The predicted molar refractivity (Wildman–Crippen MR) is 81.5 cm³/mol. The molecule has 0 bridgehead atoms. The van der Waals surface area contributed by atoms with Crippen molar-refractivity contribution in [2.75, 3.05) is 13.1 Å². The maximum atomic E-state index is 12.3. The van der Waals surface area contributed by atoms with E-state index in [4.69, 9.17) is 5.73 Å². The Morgan fingerprint density at radius 1 is 1.61 bits per heavy atom. The number of rotatable bonds is 2. The first-order chi connectivity index (χ1) is 8.08. The Morgan fingerprint density at radius 3 is 2.89 bits per heavy atom. The molecule has 2 rings (SSSR count). The summed E-state index contributed by atoms with van der Waals surface area (Å²) in [5.41, 5.74) is 5.91. The lowest BCUT2D eigenvalue weighted by Crippen LogP contribution is -2.46. The second kappa shape index (κ2) is 6.89. The molecule has 2 heterocycles.